The first kappa shape index (κ1) is 81.0. The predicted molar refractivity (Wildman–Crippen MR) is 494 cm³/mol. The number of ether oxygens (including phenoxy) is 4. The van der Waals surface area contributed by atoms with E-state index in [0.717, 1.165) is 45.8 Å². The molecule has 17 rings (SSSR count). The summed E-state index contributed by atoms with van der Waals surface area (Å²) in [6, 6.07) is 128. The molecule has 578 valence electrons. The normalized spacial score (nSPS) is 16.3. The molecule has 12 heteroatoms. The van der Waals surface area contributed by atoms with E-state index in [9.17, 15) is 0 Å². The minimum atomic E-state index is -0.728. The van der Waals surface area contributed by atoms with E-state index in [4.69, 9.17) is 38.9 Å². The second kappa shape index (κ2) is 38.3. The SMILES string of the molecule is CC(C)(C)C1COC(c2ccccc2P(c2ccccc2)c2ccccc2)=N1.CC(C)C1COC(c2ccccc2P(c2ccccc2)c2ccccc2)=N1.Cc1ccccc1P(c1ccccc1C)c1ccccc1C1=NC(C(C)(C)C)CO1.c1ccc(C2COC(c3ccccc3P(c3ccccc3)c3ccccc3)=N2)cc1. The van der Waals surface area contributed by atoms with Crippen LogP contribution in [0.4, 0.5) is 0 Å². The number of hydrogen-bond donors (Lipinski definition) is 0. The third kappa shape index (κ3) is 19.9. The highest BCUT2D eigenvalue weighted by atomic mass is 31.1. The van der Waals surface area contributed by atoms with Crippen LogP contribution in [0.2, 0.25) is 0 Å². The predicted octanol–water partition coefficient (Wildman–Crippen LogP) is 19.1. The fourth-order valence-corrected chi connectivity index (χ4v) is 24.4. The minimum absolute atomic E-state index is 0.0499. The Bertz CT molecular complexity index is 5300. The molecule has 0 amide bonds. The van der Waals surface area contributed by atoms with Gasteiger partial charge in [-0.25, -0.2) is 20.0 Å². The first-order valence-corrected chi connectivity index (χ1v) is 45.3. The van der Waals surface area contributed by atoms with Gasteiger partial charge in [0.15, 0.2) is 0 Å². The standard InChI is InChI=1S/C27H22NOP.C27H30NOP.C25H26NOP.C24H24NOP/c1-4-12-21(13-5-1)25-20-29-27(28-25)24-18-10-11-19-26(24)30(22-14-6-2-7-15-22)23-16-8-3-9-17-23;1-19-12-6-9-15-22(19)30(23-16-10-7-13-20(23)2)24-17-11-8-14-21(24)26-28-25(18-29-26)27(3,4)5;1-25(2,3)23-18-27-24(26-23)21-16-10-11-17-22(21)28(19-12-6-4-7-13-19)20-14-8-5-9-15-20;1-18(2)22-17-26-24(25-22)21-15-9-10-16-23(21)27(19-11-5-3-6-12-19)20-13-7-4-8-14-20/h1-19,25H,20H2;6-17,25H,18H2,1-5H3;4-17,23H,18H2,1-3H3;3-16,18,22H,17H2,1-2H3. The fourth-order valence-electron chi connectivity index (χ4n) is 14.3. The van der Waals surface area contributed by atoms with Crippen molar-refractivity contribution in [1.29, 1.82) is 0 Å². The van der Waals surface area contributed by atoms with Crippen molar-refractivity contribution in [1.82, 2.24) is 0 Å². The number of rotatable bonds is 18. The van der Waals surface area contributed by atoms with Crippen LogP contribution in [0.3, 0.4) is 0 Å². The molecule has 0 aliphatic carbocycles. The molecule has 0 N–H and O–H groups in total. The highest BCUT2D eigenvalue weighted by molar-refractivity contribution is 7.81. The van der Waals surface area contributed by atoms with E-state index in [1.54, 1.807) is 0 Å². The maximum atomic E-state index is 6.16. The molecule has 4 heterocycles. The molecular weight excluding hydrogens is 1480 g/mol. The molecule has 0 saturated heterocycles. The molecule has 4 atom stereocenters. The minimum Gasteiger partial charge on any atom is -0.475 e. The van der Waals surface area contributed by atoms with Gasteiger partial charge < -0.3 is 18.9 Å². The van der Waals surface area contributed by atoms with Gasteiger partial charge in [-0.2, -0.15) is 0 Å². The summed E-state index contributed by atoms with van der Waals surface area (Å²) in [6.07, 6.45) is 0. The van der Waals surface area contributed by atoms with Crippen LogP contribution in [0, 0.1) is 30.6 Å². The zero-order chi connectivity index (χ0) is 79.7. The van der Waals surface area contributed by atoms with E-state index >= 15 is 0 Å². The molecule has 13 aromatic rings. The number of aryl methyl sites for hydroxylation is 2. The highest BCUT2D eigenvalue weighted by Gasteiger charge is 2.36. The molecule has 0 radical (unpaired) electrons. The molecule has 0 spiro atoms. The van der Waals surface area contributed by atoms with Crippen molar-refractivity contribution in [3.8, 4) is 0 Å². The molecule has 0 bridgehead atoms. The summed E-state index contributed by atoms with van der Waals surface area (Å²) in [6.45, 7) is 24.8. The van der Waals surface area contributed by atoms with Gasteiger partial charge in [0.05, 0.1) is 18.1 Å². The van der Waals surface area contributed by atoms with Crippen LogP contribution in [0.25, 0.3) is 0 Å². The molecule has 13 aromatic carbocycles. The van der Waals surface area contributed by atoms with Crippen LogP contribution in [0.15, 0.2) is 378 Å². The topological polar surface area (TPSA) is 86.4 Å². The van der Waals surface area contributed by atoms with E-state index < -0.39 is 31.7 Å². The van der Waals surface area contributed by atoms with Gasteiger partial charge in [-0.3, -0.25) is 0 Å². The smallest absolute Gasteiger partial charge is 0.217 e. The second-order valence-electron chi connectivity index (χ2n) is 31.5. The lowest BCUT2D eigenvalue weighted by molar-refractivity contribution is 0.235. The summed E-state index contributed by atoms with van der Waals surface area (Å²) in [5, 5.41) is 16.0. The maximum absolute atomic E-state index is 6.16. The Morgan fingerprint density at radius 1 is 0.261 bits per heavy atom. The van der Waals surface area contributed by atoms with Crippen molar-refractivity contribution < 1.29 is 18.9 Å². The van der Waals surface area contributed by atoms with Gasteiger partial charge in [0.25, 0.3) is 0 Å². The van der Waals surface area contributed by atoms with E-state index in [0.29, 0.717) is 32.3 Å². The molecule has 0 saturated carbocycles. The fraction of sp³-hybridized carbons (Fsp3) is 0.204. The number of hydrogen-bond acceptors (Lipinski definition) is 8. The van der Waals surface area contributed by atoms with Gasteiger partial charge in [-0.05, 0) is 167 Å². The van der Waals surface area contributed by atoms with Crippen molar-refractivity contribution in [2.75, 3.05) is 26.4 Å². The van der Waals surface area contributed by atoms with Crippen LogP contribution in [-0.2, 0) is 18.9 Å². The Balaban J connectivity index is 0.000000127. The first-order chi connectivity index (χ1) is 56.0. The molecule has 4 aliphatic heterocycles. The second-order valence-corrected chi connectivity index (χ2v) is 40.2. The van der Waals surface area contributed by atoms with E-state index in [-0.39, 0.29) is 35.0 Å². The van der Waals surface area contributed by atoms with Crippen LogP contribution < -0.4 is 63.7 Å². The molecular formula is C103H102N4O4P4. The third-order valence-corrected chi connectivity index (χ3v) is 31.2. The number of nitrogens with zero attached hydrogens (tertiary/aromatic N) is 4. The lowest BCUT2D eigenvalue weighted by Gasteiger charge is -2.25. The zero-order valence-corrected chi connectivity index (χ0v) is 71.1. The van der Waals surface area contributed by atoms with E-state index in [2.05, 4.69) is 421 Å². The summed E-state index contributed by atoms with van der Waals surface area (Å²) in [5.74, 6) is 3.61. The van der Waals surface area contributed by atoms with Crippen LogP contribution in [0.1, 0.15) is 100 Å². The molecule has 4 aliphatic rings. The van der Waals surface area contributed by atoms with Gasteiger partial charge in [0.2, 0.25) is 23.6 Å². The van der Waals surface area contributed by atoms with Crippen molar-refractivity contribution in [2.24, 2.45) is 36.7 Å². The van der Waals surface area contributed by atoms with Gasteiger partial charge in [-0.1, -0.05) is 389 Å². The zero-order valence-electron chi connectivity index (χ0n) is 67.5. The quantitative estimate of drug-likeness (QED) is 0.0801. The van der Waals surface area contributed by atoms with Gasteiger partial charge in [0, 0.05) is 22.3 Å². The Morgan fingerprint density at radius 3 is 0.791 bits per heavy atom. The van der Waals surface area contributed by atoms with Crippen LogP contribution in [-0.4, -0.2) is 68.1 Å². The Hall–Kier alpha value is -10.5. The van der Waals surface area contributed by atoms with Crippen LogP contribution in [0.5, 0.6) is 0 Å². The summed E-state index contributed by atoms with van der Waals surface area (Å²) in [7, 11) is -2.80. The number of benzene rings is 13. The molecule has 4 unspecified atom stereocenters. The Labute approximate surface area is 686 Å². The van der Waals surface area contributed by atoms with Crippen molar-refractivity contribution >= 4 is 119 Å². The Kier molecular flexibility index (Phi) is 27.0. The van der Waals surface area contributed by atoms with E-state index in [1.165, 1.54) is 80.3 Å². The van der Waals surface area contributed by atoms with Crippen molar-refractivity contribution in [3.05, 3.63) is 397 Å². The number of aliphatic imine (C=N–C) groups is 4. The average Bonchev–Trinajstić information content (AvgIpc) is 1.75. The summed E-state index contributed by atoms with van der Waals surface area (Å²) in [5.41, 5.74) is 8.49. The lowest BCUT2D eigenvalue weighted by Crippen LogP contribution is -2.27. The summed E-state index contributed by atoms with van der Waals surface area (Å²) < 4.78 is 24.4. The monoisotopic (exact) mass is 1580 g/mol. The van der Waals surface area contributed by atoms with E-state index in [1.807, 2.05) is 6.07 Å². The molecule has 115 heavy (non-hydrogen) atoms. The Morgan fingerprint density at radius 2 is 0.504 bits per heavy atom. The highest BCUT2D eigenvalue weighted by Crippen LogP contribution is 2.41. The first-order valence-electron chi connectivity index (χ1n) is 39.9. The van der Waals surface area contributed by atoms with Crippen molar-refractivity contribution in [3.63, 3.8) is 0 Å². The van der Waals surface area contributed by atoms with Gasteiger partial charge in [-0.15, -0.1) is 0 Å². The molecule has 0 aromatic heterocycles. The van der Waals surface area contributed by atoms with Crippen molar-refractivity contribution in [2.45, 2.75) is 93.4 Å². The van der Waals surface area contributed by atoms with Gasteiger partial charge >= 0.3 is 0 Å². The third-order valence-electron chi connectivity index (χ3n) is 20.9. The summed E-state index contributed by atoms with van der Waals surface area (Å²) >= 11 is 0. The maximum Gasteiger partial charge on any atom is 0.217 e. The molecule has 0 fully saturated rings. The molecule has 8 nitrogen and oxygen atoms in total. The van der Waals surface area contributed by atoms with Gasteiger partial charge in [0.1, 0.15) is 32.5 Å². The lowest BCUT2D eigenvalue weighted by atomic mass is 9.88. The van der Waals surface area contributed by atoms with Crippen LogP contribution >= 0.6 is 31.7 Å². The largest absolute Gasteiger partial charge is 0.475 e. The summed E-state index contributed by atoms with van der Waals surface area (Å²) in [4.78, 5) is 19.8. The average molecular weight is 1580 g/mol.